The molecular formula is C18H22N2O3. The molecule has 1 saturated heterocycles. The van der Waals surface area contributed by atoms with Crippen LogP contribution in [0.25, 0.3) is 0 Å². The molecule has 1 unspecified atom stereocenters. The SMILES string of the molecule is COCc1ccc(C(=O)NCC2CCN(c3ccccc3)C2)o1. The lowest BCUT2D eigenvalue weighted by Crippen LogP contribution is -2.30. The van der Waals surface area contributed by atoms with E-state index in [4.69, 9.17) is 9.15 Å². The van der Waals surface area contributed by atoms with Crippen molar-refractivity contribution in [3.8, 4) is 0 Å². The van der Waals surface area contributed by atoms with Gasteiger partial charge in [-0.15, -0.1) is 0 Å². The molecular weight excluding hydrogens is 292 g/mol. The van der Waals surface area contributed by atoms with E-state index in [0.29, 0.717) is 30.6 Å². The van der Waals surface area contributed by atoms with E-state index in [-0.39, 0.29) is 5.91 Å². The fourth-order valence-electron chi connectivity index (χ4n) is 2.92. The van der Waals surface area contributed by atoms with Gasteiger partial charge in [-0.2, -0.15) is 0 Å². The highest BCUT2D eigenvalue weighted by atomic mass is 16.5. The zero-order valence-electron chi connectivity index (χ0n) is 13.3. The first-order valence-electron chi connectivity index (χ1n) is 7.92. The van der Waals surface area contributed by atoms with Crippen LogP contribution in [-0.4, -0.2) is 32.7 Å². The van der Waals surface area contributed by atoms with Crippen LogP contribution in [0.2, 0.25) is 0 Å². The molecule has 1 fully saturated rings. The maximum absolute atomic E-state index is 12.1. The summed E-state index contributed by atoms with van der Waals surface area (Å²) in [5, 5.41) is 2.97. The van der Waals surface area contributed by atoms with Crippen molar-refractivity contribution in [1.29, 1.82) is 0 Å². The van der Waals surface area contributed by atoms with Gasteiger partial charge in [0, 0.05) is 32.4 Å². The predicted molar refractivity (Wildman–Crippen MR) is 88.5 cm³/mol. The molecule has 1 N–H and O–H groups in total. The first-order valence-corrected chi connectivity index (χ1v) is 7.92. The number of hydrogen-bond donors (Lipinski definition) is 1. The number of nitrogens with one attached hydrogen (secondary N) is 1. The Labute approximate surface area is 136 Å². The van der Waals surface area contributed by atoms with Crippen molar-refractivity contribution >= 4 is 11.6 Å². The van der Waals surface area contributed by atoms with Crippen LogP contribution in [0.5, 0.6) is 0 Å². The van der Waals surface area contributed by atoms with Crippen molar-refractivity contribution in [2.24, 2.45) is 5.92 Å². The second-order valence-electron chi connectivity index (χ2n) is 5.85. The van der Waals surface area contributed by atoms with Crippen molar-refractivity contribution < 1.29 is 13.9 Å². The van der Waals surface area contributed by atoms with Crippen LogP contribution in [-0.2, 0) is 11.3 Å². The van der Waals surface area contributed by atoms with Crippen LogP contribution in [0, 0.1) is 5.92 Å². The third-order valence-corrected chi connectivity index (χ3v) is 4.13. The molecule has 0 radical (unpaired) electrons. The lowest BCUT2D eigenvalue weighted by Gasteiger charge is -2.18. The Kier molecular flexibility index (Phi) is 4.98. The van der Waals surface area contributed by atoms with Gasteiger partial charge < -0.3 is 19.4 Å². The number of anilines is 1. The highest BCUT2D eigenvalue weighted by molar-refractivity contribution is 5.91. The third-order valence-electron chi connectivity index (χ3n) is 4.13. The Morgan fingerprint density at radius 3 is 2.91 bits per heavy atom. The Morgan fingerprint density at radius 1 is 1.30 bits per heavy atom. The molecule has 2 heterocycles. The zero-order valence-corrected chi connectivity index (χ0v) is 13.3. The number of hydrogen-bond acceptors (Lipinski definition) is 4. The smallest absolute Gasteiger partial charge is 0.287 e. The highest BCUT2D eigenvalue weighted by Crippen LogP contribution is 2.23. The molecule has 1 atom stereocenters. The molecule has 2 aromatic rings. The summed E-state index contributed by atoms with van der Waals surface area (Å²) >= 11 is 0. The van der Waals surface area contributed by atoms with Gasteiger partial charge in [0.15, 0.2) is 5.76 Å². The topological polar surface area (TPSA) is 54.7 Å². The first kappa shape index (κ1) is 15.6. The molecule has 0 aliphatic carbocycles. The second-order valence-corrected chi connectivity index (χ2v) is 5.85. The van der Waals surface area contributed by atoms with E-state index in [1.165, 1.54) is 5.69 Å². The molecule has 5 nitrogen and oxygen atoms in total. The Hall–Kier alpha value is -2.27. The Bertz CT molecular complexity index is 639. The van der Waals surface area contributed by atoms with Crippen LogP contribution < -0.4 is 10.2 Å². The van der Waals surface area contributed by atoms with Crippen LogP contribution in [0.15, 0.2) is 46.9 Å². The number of amides is 1. The van der Waals surface area contributed by atoms with E-state index in [2.05, 4.69) is 34.5 Å². The molecule has 0 bridgehead atoms. The standard InChI is InChI=1S/C18H22N2O3/c1-22-13-16-7-8-17(23-16)18(21)19-11-14-9-10-20(12-14)15-5-3-2-4-6-15/h2-8,14H,9-13H2,1H3,(H,19,21). The Balaban J connectivity index is 1.48. The van der Waals surface area contributed by atoms with E-state index in [0.717, 1.165) is 19.5 Å². The van der Waals surface area contributed by atoms with Gasteiger partial charge >= 0.3 is 0 Å². The predicted octanol–water partition coefficient (Wildman–Crippen LogP) is 2.68. The molecule has 122 valence electrons. The normalized spacial score (nSPS) is 17.4. The molecule has 0 spiro atoms. The number of benzene rings is 1. The summed E-state index contributed by atoms with van der Waals surface area (Å²) < 4.78 is 10.4. The van der Waals surface area contributed by atoms with Gasteiger partial charge in [0.05, 0.1) is 0 Å². The number of furan rings is 1. The highest BCUT2D eigenvalue weighted by Gasteiger charge is 2.23. The van der Waals surface area contributed by atoms with Gasteiger partial charge in [-0.3, -0.25) is 4.79 Å². The largest absolute Gasteiger partial charge is 0.453 e. The molecule has 1 aliphatic rings. The van der Waals surface area contributed by atoms with Gasteiger partial charge in [0.25, 0.3) is 5.91 Å². The van der Waals surface area contributed by atoms with E-state index in [9.17, 15) is 4.79 Å². The fourth-order valence-corrected chi connectivity index (χ4v) is 2.92. The summed E-state index contributed by atoms with van der Waals surface area (Å²) in [5.74, 6) is 1.31. The average molecular weight is 314 g/mol. The van der Waals surface area contributed by atoms with E-state index < -0.39 is 0 Å². The van der Waals surface area contributed by atoms with Crippen molar-refractivity contribution in [2.45, 2.75) is 13.0 Å². The van der Waals surface area contributed by atoms with E-state index >= 15 is 0 Å². The second kappa shape index (κ2) is 7.33. The van der Waals surface area contributed by atoms with Crippen molar-refractivity contribution in [3.63, 3.8) is 0 Å². The van der Waals surface area contributed by atoms with Gasteiger partial charge in [-0.25, -0.2) is 0 Å². The first-order chi connectivity index (χ1) is 11.3. The number of methoxy groups -OCH3 is 1. The summed E-state index contributed by atoms with van der Waals surface area (Å²) in [5.41, 5.74) is 1.25. The van der Waals surface area contributed by atoms with Crippen molar-refractivity contribution in [3.05, 3.63) is 54.0 Å². The Morgan fingerprint density at radius 2 is 2.13 bits per heavy atom. The van der Waals surface area contributed by atoms with Gasteiger partial charge in [0.1, 0.15) is 12.4 Å². The quantitative estimate of drug-likeness (QED) is 0.890. The number of para-hydroxylation sites is 1. The minimum absolute atomic E-state index is 0.162. The summed E-state index contributed by atoms with van der Waals surface area (Å²) in [6.07, 6.45) is 1.09. The number of nitrogens with zero attached hydrogens (tertiary/aromatic N) is 1. The molecule has 1 aromatic carbocycles. The van der Waals surface area contributed by atoms with Crippen molar-refractivity contribution in [2.75, 3.05) is 31.6 Å². The molecule has 1 amide bonds. The minimum Gasteiger partial charge on any atom is -0.453 e. The molecule has 1 aliphatic heterocycles. The van der Waals surface area contributed by atoms with Crippen LogP contribution in [0.1, 0.15) is 22.7 Å². The number of carbonyl (C=O) groups is 1. The van der Waals surface area contributed by atoms with Crippen LogP contribution in [0.4, 0.5) is 5.69 Å². The van der Waals surface area contributed by atoms with E-state index in [1.807, 2.05) is 6.07 Å². The number of carbonyl (C=O) groups excluding carboxylic acids is 1. The maximum atomic E-state index is 12.1. The maximum Gasteiger partial charge on any atom is 0.287 e. The monoisotopic (exact) mass is 314 g/mol. The minimum atomic E-state index is -0.162. The molecule has 0 saturated carbocycles. The summed E-state index contributed by atoms with van der Waals surface area (Å²) in [6, 6.07) is 13.8. The number of rotatable bonds is 6. The summed E-state index contributed by atoms with van der Waals surface area (Å²) in [6.45, 7) is 3.05. The molecule has 1 aromatic heterocycles. The molecule has 23 heavy (non-hydrogen) atoms. The zero-order chi connectivity index (χ0) is 16.1. The molecule has 5 heteroatoms. The summed E-state index contributed by atoms with van der Waals surface area (Å²) in [7, 11) is 1.60. The summed E-state index contributed by atoms with van der Waals surface area (Å²) in [4.78, 5) is 14.5. The van der Waals surface area contributed by atoms with Crippen LogP contribution in [0.3, 0.4) is 0 Å². The molecule has 3 rings (SSSR count). The lowest BCUT2D eigenvalue weighted by atomic mass is 10.1. The van der Waals surface area contributed by atoms with E-state index in [1.54, 1.807) is 19.2 Å². The van der Waals surface area contributed by atoms with Crippen LogP contribution >= 0.6 is 0 Å². The third kappa shape index (κ3) is 3.93. The fraction of sp³-hybridized carbons (Fsp3) is 0.389. The van der Waals surface area contributed by atoms with Gasteiger partial charge in [0.2, 0.25) is 0 Å². The number of ether oxygens (including phenoxy) is 1. The van der Waals surface area contributed by atoms with Crippen molar-refractivity contribution in [1.82, 2.24) is 5.32 Å². The van der Waals surface area contributed by atoms with Gasteiger partial charge in [-0.1, -0.05) is 18.2 Å². The lowest BCUT2D eigenvalue weighted by molar-refractivity contribution is 0.0912. The van der Waals surface area contributed by atoms with Gasteiger partial charge in [-0.05, 0) is 36.6 Å². The average Bonchev–Trinajstić information content (AvgIpc) is 3.23.